The van der Waals surface area contributed by atoms with E-state index in [1.54, 1.807) is 0 Å². The van der Waals surface area contributed by atoms with Crippen molar-refractivity contribution in [3.05, 3.63) is 198 Å². The number of benzene rings is 8. The van der Waals surface area contributed by atoms with Crippen LogP contribution < -0.4 is 4.90 Å². The molecule has 0 amide bonds. The van der Waals surface area contributed by atoms with Gasteiger partial charge in [-0.2, -0.15) is 0 Å². The average Bonchev–Trinajstić information content (AvgIpc) is 3.81. The first-order chi connectivity index (χ1) is 27.3. The molecule has 2 nitrogen and oxygen atoms in total. The molecule has 1 heterocycles. The lowest BCUT2D eigenvalue weighted by molar-refractivity contribution is 0.660. The van der Waals surface area contributed by atoms with Gasteiger partial charge in [0.25, 0.3) is 0 Å². The number of para-hydroxylation sites is 3. The highest BCUT2D eigenvalue weighted by molar-refractivity contribution is 6.14. The van der Waals surface area contributed by atoms with E-state index >= 15 is 0 Å². The fraction of sp³-hybridized carbons (Fsp3) is 0.111. The van der Waals surface area contributed by atoms with E-state index in [9.17, 15) is 0 Å². The summed E-state index contributed by atoms with van der Waals surface area (Å²) in [5.74, 6) is 0. The number of nitrogens with zero attached hydrogens (tertiary/aromatic N) is 1. The van der Waals surface area contributed by atoms with Crippen molar-refractivity contribution in [1.82, 2.24) is 0 Å². The van der Waals surface area contributed by atoms with E-state index in [1.165, 1.54) is 55.6 Å². The zero-order valence-electron chi connectivity index (χ0n) is 32.1. The molecule has 2 aliphatic rings. The van der Waals surface area contributed by atoms with Crippen LogP contribution in [0.1, 0.15) is 49.9 Å². The van der Waals surface area contributed by atoms with E-state index in [0.717, 1.165) is 50.1 Å². The van der Waals surface area contributed by atoms with Gasteiger partial charge in [0.2, 0.25) is 0 Å². The molecule has 2 aliphatic carbocycles. The van der Waals surface area contributed by atoms with Crippen LogP contribution in [0.4, 0.5) is 17.1 Å². The topological polar surface area (TPSA) is 16.4 Å². The van der Waals surface area contributed by atoms with Crippen LogP contribution in [0.15, 0.2) is 180 Å². The monoisotopic (exact) mass is 719 g/mol. The van der Waals surface area contributed by atoms with Crippen LogP contribution in [-0.2, 0) is 10.8 Å². The van der Waals surface area contributed by atoms with Crippen LogP contribution >= 0.6 is 0 Å². The van der Waals surface area contributed by atoms with E-state index in [0.29, 0.717) is 0 Å². The molecule has 0 fully saturated rings. The Morgan fingerprint density at radius 1 is 0.375 bits per heavy atom. The van der Waals surface area contributed by atoms with Crippen molar-refractivity contribution in [1.29, 1.82) is 0 Å². The highest BCUT2D eigenvalue weighted by Crippen LogP contribution is 2.57. The summed E-state index contributed by atoms with van der Waals surface area (Å²) in [6.45, 7) is 9.43. The second-order valence-corrected chi connectivity index (χ2v) is 16.4. The van der Waals surface area contributed by atoms with Crippen molar-refractivity contribution < 1.29 is 4.42 Å². The Bertz CT molecular complexity index is 3050. The van der Waals surface area contributed by atoms with Gasteiger partial charge in [0.1, 0.15) is 11.2 Å². The van der Waals surface area contributed by atoms with Gasteiger partial charge >= 0.3 is 0 Å². The lowest BCUT2D eigenvalue weighted by Crippen LogP contribution is -2.16. The first-order valence-electron chi connectivity index (χ1n) is 19.7. The molecule has 0 N–H and O–H groups in total. The van der Waals surface area contributed by atoms with E-state index in [4.69, 9.17) is 4.42 Å². The zero-order valence-corrected chi connectivity index (χ0v) is 32.1. The molecule has 0 unspecified atom stereocenters. The van der Waals surface area contributed by atoms with Crippen molar-refractivity contribution >= 4 is 39.0 Å². The van der Waals surface area contributed by atoms with Gasteiger partial charge in [0, 0.05) is 38.3 Å². The van der Waals surface area contributed by atoms with Crippen LogP contribution in [0, 0.1) is 0 Å². The van der Waals surface area contributed by atoms with E-state index in [2.05, 4.69) is 202 Å². The number of hydrogen-bond donors (Lipinski definition) is 0. The second-order valence-electron chi connectivity index (χ2n) is 16.4. The fourth-order valence-electron chi connectivity index (χ4n) is 10.0. The minimum absolute atomic E-state index is 0.0575. The number of hydrogen-bond acceptors (Lipinski definition) is 2. The van der Waals surface area contributed by atoms with Gasteiger partial charge in [-0.15, -0.1) is 0 Å². The maximum atomic E-state index is 6.45. The first-order valence-corrected chi connectivity index (χ1v) is 19.7. The van der Waals surface area contributed by atoms with Gasteiger partial charge in [0.05, 0.1) is 17.1 Å². The Hall–Kier alpha value is -6.64. The third-order valence-corrected chi connectivity index (χ3v) is 12.7. The lowest BCUT2D eigenvalue weighted by Gasteiger charge is -2.32. The summed E-state index contributed by atoms with van der Waals surface area (Å²) >= 11 is 0. The molecule has 0 radical (unpaired) electrons. The smallest absolute Gasteiger partial charge is 0.136 e. The molecule has 0 saturated heterocycles. The summed E-state index contributed by atoms with van der Waals surface area (Å²) in [7, 11) is 0. The molecule has 9 aromatic rings. The molecule has 56 heavy (non-hydrogen) atoms. The van der Waals surface area contributed by atoms with Crippen molar-refractivity contribution in [3.8, 4) is 44.5 Å². The molecule has 0 atom stereocenters. The number of rotatable bonds is 5. The molecule has 0 saturated carbocycles. The van der Waals surface area contributed by atoms with Crippen molar-refractivity contribution in [2.24, 2.45) is 0 Å². The number of anilines is 3. The van der Waals surface area contributed by atoms with Crippen LogP contribution in [0.5, 0.6) is 0 Å². The molecule has 8 aromatic carbocycles. The van der Waals surface area contributed by atoms with E-state index < -0.39 is 0 Å². The Morgan fingerprint density at radius 2 is 0.893 bits per heavy atom. The van der Waals surface area contributed by atoms with E-state index in [1.807, 2.05) is 6.07 Å². The van der Waals surface area contributed by atoms with Gasteiger partial charge in [-0.05, 0) is 86.5 Å². The summed E-state index contributed by atoms with van der Waals surface area (Å²) in [6.07, 6.45) is 0. The van der Waals surface area contributed by atoms with E-state index in [-0.39, 0.29) is 10.8 Å². The van der Waals surface area contributed by atoms with Crippen LogP contribution in [0.3, 0.4) is 0 Å². The molecule has 0 bridgehead atoms. The summed E-state index contributed by atoms with van der Waals surface area (Å²) in [6, 6.07) is 64.6. The molecule has 268 valence electrons. The third-order valence-electron chi connectivity index (χ3n) is 12.7. The predicted molar refractivity (Wildman–Crippen MR) is 234 cm³/mol. The molecule has 0 spiro atoms. The maximum absolute atomic E-state index is 6.45. The second kappa shape index (κ2) is 11.9. The molecule has 1 aromatic heterocycles. The Kier molecular flexibility index (Phi) is 6.98. The van der Waals surface area contributed by atoms with Crippen molar-refractivity contribution in [2.75, 3.05) is 4.90 Å². The number of furan rings is 1. The molecular formula is C54H41NO. The Labute approximate surface area is 328 Å². The fourth-order valence-corrected chi connectivity index (χ4v) is 10.0. The highest BCUT2D eigenvalue weighted by Gasteiger charge is 2.39. The van der Waals surface area contributed by atoms with Gasteiger partial charge in [-0.3, -0.25) is 0 Å². The van der Waals surface area contributed by atoms with Crippen LogP contribution in [-0.4, -0.2) is 0 Å². The quantitative estimate of drug-likeness (QED) is 0.176. The molecular weight excluding hydrogens is 679 g/mol. The standard InChI is InChI=1S/C54H41NO/c1-53(2)42-23-10-5-18-36(42)41-33-34(31-32-44(41)53)35-17-7-12-26-46(35)55(48-28-16-25-45-52(48)39-20-6-11-24-43(39)54(45,3)4)47-27-13-8-19-37(47)38-22-15-30-50-51(38)40-21-9-14-29-49(40)56-50/h5-33H,1-4H3. The van der Waals surface area contributed by atoms with Gasteiger partial charge in [-0.1, -0.05) is 167 Å². The summed E-state index contributed by atoms with van der Waals surface area (Å²) in [5.41, 5.74) is 20.4. The summed E-state index contributed by atoms with van der Waals surface area (Å²) in [5, 5.41) is 2.26. The number of fused-ring (bicyclic) bond motifs is 9. The lowest BCUT2D eigenvalue weighted by atomic mass is 9.82. The van der Waals surface area contributed by atoms with Crippen LogP contribution in [0.2, 0.25) is 0 Å². The Balaban J connectivity index is 1.21. The predicted octanol–water partition coefficient (Wildman–Crippen LogP) is 15.0. The van der Waals surface area contributed by atoms with Crippen molar-refractivity contribution in [3.63, 3.8) is 0 Å². The third kappa shape index (κ3) is 4.56. The summed E-state index contributed by atoms with van der Waals surface area (Å²) in [4.78, 5) is 2.54. The minimum atomic E-state index is -0.145. The summed E-state index contributed by atoms with van der Waals surface area (Å²) < 4.78 is 6.45. The SMILES string of the molecule is CC1(C)c2ccccc2-c2cc(-c3ccccc3N(c3ccccc3-c3cccc4oc5ccccc5c34)c3cccc4c3-c3ccccc3C4(C)C)ccc21. The van der Waals surface area contributed by atoms with Gasteiger partial charge < -0.3 is 9.32 Å². The van der Waals surface area contributed by atoms with Crippen LogP contribution in [0.25, 0.3) is 66.4 Å². The molecule has 2 heteroatoms. The van der Waals surface area contributed by atoms with Gasteiger partial charge in [-0.25, -0.2) is 0 Å². The van der Waals surface area contributed by atoms with Gasteiger partial charge in [0.15, 0.2) is 0 Å². The largest absolute Gasteiger partial charge is 0.456 e. The average molecular weight is 720 g/mol. The molecule has 11 rings (SSSR count). The first kappa shape index (κ1) is 32.8. The normalized spacial score (nSPS) is 14.4. The highest BCUT2D eigenvalue weighted by atomic mass is 16.3. The zero-order chi connectivity index (χ0) is 37.8. The van der Waals surface area contributed by atoms with Crippen molar-refractivity contribution in [2.45, 2.75) is 38.5 Å². The molecule has 0 aliphatic heterocycles. The Morgan fingerprint density at radius 3 is 1.70 bits per heavy atom. The minimum Gasteiger partial charge on any atom is -0.456 e. The maximum Gasteiger partial charge on any atom is 0.136 e.